The minimum atomic E-state index is -1.24. The SMILES string of the molecule is CCC(S/C(=N/NC(=O)OC(C)(C)C)c1ccc(N2CC([C@H](N)C(=O)OC(C)(C)C)OC2=O)cc1F)C(=O)OC. The Kier molecular flexibility index (Phi) is 10.9. The predicted molar refractivity (Wildman–Crippen MR) is 147 cm³/mol. The number of cyclic esters (lactones) is 1. The predicted octanol–water partition coefficient (Wildman–Crippen LogP) is 3.69. The summed E-state index contributed by atoms with van der Waals surface area (Å²) in [5.41, 5.74) is 6.68. The summed E-state index contributed by atoms with van der Waals surface area (Å²) < 4.78 is 35.9. The van der Waals surface area contributed by atoms with Crippen molar-refractivity contribution in [2.45, 2.75) is 83.5 Å². The van der Waals surface area contributed by atoms with Gasteiger partial charge in [-0.1, -0.05) is 18.7 Å². The van der Waals surface area contributed by atoms with Crippen LogP contribution in [0.25, 0.3) is 0 Å². The fourth-order valence-corrected chi connectivity index (χ4v) is 4.38. The molecule has 1 fully saturated rings. The molecule has 1 aromatic rings. The molecule has 0 radical (unpaired) electrons. The van der Waals surface area contributed by atoms with Gasteiger partial charge in [0, 0.05) is 5.56 Å². The lowest BCUT2D eigenvalue weighted by Crippen LogP contribution is -2.47. The Morgan fingerprint density at radius 3 is 2.33 bits per heavy atom. The van der Waals surface area contributed by atoms with E-state index in [1.807, 2.05) is 0 Å². The molecule has 1 aromatic carbocycles. The Bertz CT molecular complexity index is 1150. The van der Waals surface area contributed by atoms with Gasteiger partial charge in [0.15, 0.2) is 0 Å². The third kappa shape index (κ3) is 9.37. The van der Waals surface area contributed by atoms with Crippen molar-refractivity contribution in [3.8, 4) is 0 Å². The summed E-state index contributed by atoms with van der Waals surface area (Å²) in [5.74, 6) is -2.09. The Labute approximate surface area is 237 Å². The topological polar surface area (TPSA) is 159 Å². The van der Waals surface area contributed by atoms with E-state index >= 15 is 4.39 Å². The lowest BCUT2D eigenvalue weighted by atomic mass is 10.1. The average molecular weight is 585 g/mol. The molecule has 2 rings (SSSR count). The summed E-state index contributed by atoms with van der Waals surface area (Å²) in [6.45, 7) is 11.7. The minimum absolute atomic E-state index is 0.0269. The summed E-state index contributed by atoms with van der Waals surface area (Å²) in [4.78, 5) is 50.4. The standard InChI is InChI=1S/C26H37FN4O8S/c1-9-18(21(32)36-8)40-20(29-30-23(34)39-26(5,6)7)15-11-10-14(12-16(15)27)31-13-17(37-24(31)35)19(28)22(33)38-25(2,3)4/h10-12,17-19H,9,13,28H2,1-8H3,(H,30,34)/b29-20+/t17?,18?,19-/m0/s1. The van der Waals surface area contributed by atoms with E-state index in [4.69, 9.17) is 24.7 Å². The number of thioether (sulfide) groups is 1. The Hall–Kier alpha value is -3.39. The number of esters is 2. The summed E-state index contributed by atoms with van der Waals surface area (Å²) in [6, 6.07) is 2.60. The molecule has 1 aliphatic rings. The molecule has 2 unspecified atom stereocenters. The van der Waals surface area contributed by atoms with Gasteiger partial charge >= 0.3 is 24.1 Å². The van der Waals surface area contributed by atoms with E-state index in [2.05, 4.69) is 10.5 Å². The molecule has 1 aliphatic heterocycles. The van der Waals surface area contributed by atoms with Gasteiger partial charge in [-0.25, -0.2) is 19.4 Å². The normalized spacial score (nSPS) is 17.6. The molecule has 14 heteroatoms. The third-order valence-electron chi connectivity index (χ3n) is 5.15. The van der Waals surface area contributed by atoms with Gasteiger partial charge in [-0.15, -0.1) is 0 Å². The minimum Gasteiger partial charge on any atom is -0.468 e. The van der Waals surface area contributed by atoms with E-state index in [-0.39, 0.29) is 22.8 Å². The van der Waals surface area contributed by atoms with Crippen LogP contribution in [0.15, 0.2) is 23.3 Å². The largest absolute Gasteiger partial charge is 0.468 e. The first-order chi connectivity index (χ1) is 18.5. The van der Waals surface area contributed by atoms with Crippen molar-refractivity contribution in [1.82, 2.24) is 5.43 Å². The number of carbonyl (C=O) groups excluding carboxylic acids is 4. The third-order valence-corrected chi connectivity index (χ3v) is 6.49. The van der Waals surface area contributed by atoms with Gasteiger partial charge in [0.05, 0.1) is 19.3 Å². The highest BCUT2D eigenvalue weighted by Gasteiger charge is 2.41. The van der Waals surface area contributed by atoms with Gasteiger partial charge in [0.2, 0.25) is 0 Å². The number of ether oxygens (including phenoxy) is 4. The number of carbonyl (C=O) groups is 4. The molecule has 12 nitrogen and oxygen atoms in total. The van der Waals surface area contributed by atoms with Crippen LogP contribution in [0.2, 0.25) is 0 Å². The number of halogens is 1. The number of benzene rings is 1. The first-order valence-electron chi connectivity index (χ1n) is 12.5. The van der Waals surface area contributed by atoms with Crippen molar-refractivity contribution in [2.24, 2.45) is 10.8 Å². The van der Waals surface area contributed by atoms with E-state index in [1.165, 1.54) is 19.2 Å². The van der Waals surface area contributed by atoms with Crippen molar-refractivity contribution < 1.29 is 42.5 Å². The lowest BCUT2D eigenvalue weighted by molar-refractivity contribution is -0.158. The van der Waals surface area contributed by atoms with Crippen molar-refractivity contribution in [3.63, 3.8) is 0 Å². The molecule has 40 heavy (non-hydrogen) atoms. The van der Waals surface area contributed by atoms with Gasteiger partial charge in [0.25, 0.3) is 0 Å². The molecule has 0 aromatic heterocycles. The van der Waals surface area contributed by atoms with Crippen LogP contribution in [0.1, 0.15) is 60.5 Å². The molecule has 3 N–H and O–H groups in total. The summed E-state index contributed by atoms with van der Waals surface area (Å²) in [7, 11) is 1.23. The van der Waals surface area contributed by atoms with Gasteiger partial charge in [0.1, 0.15) is 39.5 Å². The summed E-state index contributed by atoms with van der Waals surface area (Å²) in [6.07, 6.45) is -2.37. The molecule has 2 amide bonds. The number of hydrogen-bond acceptors (Lipinski definition) is 11. The highest BCUT2D eigenvalue weighted by atomic mass is 32.2. The van der Waals surface area contributed by atoms with Gasteiger partial charge in [-0.3, -0.25) is 14.5 Å². The zero-order valence-electron chi connectivity index (χ0n) is 23.9. The number of hydrazone groups is 1. The Morgan fingerprint density at radius 1 is 1.18 bits per heavy atom. The monoisotopic (exact) mass is 584 g/mol. The number of hydrogen-bond donors (Lipinski definition) is 2. The Balaban J connectivity index is 2.32. The van der Waals surface area contributed by atoms with Gasteiger partial charge < -0.3 is 24.7 Å². The number of rotatable bonds is 8. The maximum Gasteiger partial charge on any atom is 0.428 e. The zero-order chi connectivity index (χ0) is 30.4. The fourth-order valence-electron chi connectivity index (χ4n) is 3.36. The molecule has 0 bridgehead atoms. The van der Waals surface area contributed by atoms with Gasteiger partial charge in [-0.2, -0.15) is 5.10 Å². The molecular weight excluding hydrogens is 547 g/mol. The van der Waals surface area contributed by atoms with Crippen LogP contribution in [-0.4, -0.2) is 71.4 Å². The maximum absolute atomic E-state index is 15.5. The second-order valence-corrected chi connectivity index (χ2v) is 12.0. The van der Waals surface area contributed by atoms with Crippen molar-refractivity contribution in [2.75, 3.05) is 18.6 Å². The Morgan fingerprint density at radius 2 is 1.80 bits per heavy atom. The molecular formula is C26H37FN4O8S. The molecule has 222 valence electrons. The number of nitrogens with one attached hydrogen (secondary N) is 1. The van der Waals surface area contributed by atoms with E-state index in [0.29, 0.717) is 6.42 Å². The number of nitrogens with two attached hydrogens (primary N) is 1. The lowest BCUT2D eigenvalue weighted by Gasteiger charge is -2.24. The van der Waals surface area contributed by atoms with Crippen LogP contribution in [-0.2, 0) is 28.5 Å². The van der Waals surface area contributed by atoms with Crippen molar-refractivity contribution in [3.05, 3.63) is 29.6 Å². The van der Waals surface area contributed by atoms with Crippen LogP contribution in [0, 0.1) is 5.82 Å². The zero-order valence-corrected chi connectivity index (χ0v) is 24.7. The van der Waals surface area contributed by atoms with Crippen LogP contribution in [0.5, 0.6) is 0 Å². The summed E-state index contributed by atoms with van der Waals surface area (Å²) >= 11 is 0.892. The van der Waals surface area contributed by atoms with E-state index in [9.17, 15) is 19.2 Å². The number of anilines is 1. The highest BCUT2D eigenvalue weighted by Crippen LogP contribution is 2.29. The average Bonchev–Trinajstić information content (AvgIpc) is 3.22. The number of methoxy groups -OCH3 is 1. The maximum atomic E-state index is 15.5. The van der Waals surface area contributed by atoms with Crippen molar-refractivity contribution >= 4 is 46.6 Å². The first kappa shape index (κ1) is 32.8. The van der Waals surface area contributed by atoms with Crippen molar-refractivity contribution in [1.29, 1.82) is 0 Å². The quantitative estimate of drug-likeness (QED) is 0.152. The molecule has 1 heterocycles. The number of amides is 2. The van der Waals surface area contributed by atoms with E-state index in [0.717, 1.165) is 22.7 Å². The van der Waals surface area contributed by atoms with Crippen LogP contribution in [0.3, 0.4) is 0 Å². The van der Waals surface area contributed by atoms with E-state index in [1.54, 1.807) is 48.5 Å². The second kappa shape index (κ2) is 13.3. The molecule has 0 saturated carbocycles. The molecule has 0 aliphatic carbocycles. The first-order valence-corrected chi connectivity index (χ1v) is 13.4. The number of nitrogens with zero attached hydrogens (tertiary/aromatic N) is 2. The summed E-state index contributed by atoms with van der Waals surface area (Å²) in [5, 5.41) is 3.23. The molecule has 0 spiro atoms. The van der Waals surface area contributed by atoms with E-state index < -0.39 is 58.5 Å². The second-order valence-electron chi connectivity index (χ2n) is 10.8. The van der Waals surface area contributed by atoms with Gasteiger partial charge in [-0.05, 0) is 66.2 Å². The highest BCUT2D eigenvalue weighted by molar-refractivity contribution is 8.15. The smallest absolute Gasteiger partial charge is 0.428 e. The van der Waals surface area contributed by atoms with Crippen LogP contribution >= 0.6 is 11.8 Å². The fraction of sp³-hybridized carbons (Fsp3) is 0.577. The van der Waals surface area contributed by atoms with Crippen LogP contribution < -0.4 is 16.1 Å². The molecule has 1 saturated heterocycles. The van der Waals surface area contributed by atoms with Crippen LogP contribution in [0.4, 0.5) is 19.7 Å². The molecule has 3 atom stereocenters.